The van der Waals surface area contributed by atoms with Crippen LogP contribution < -0.4 is 0 Å². The Hall–Kier alpha value is 0.440. The van der Waals surface area contributed by atoms with E-state index in [1.165, 1.54) is 57.8 Å². The molecule has 0 aromatic heterocycles. The van der Waals surface area contributed by atoms with Gasteiger partial charge in [0.1, 0.15) is 0 Å². The van der Waals surface area contributed by atoms with E-state index in [0.717, 1.165) is 23.1 Å². The van der Waals surface area contributed by atoms with E-state index >= 15 is 0 Å². The van der Waals surface area contributed by atoms with Crippen LogP contribution in [0.5, 0.6) is 0 Å². The van der Waals surface area contributed by atoms with Crippen LogP contribution in [0.2, 0.25) is 0 Å². The molecule has 0 N–H and O–H groups in total. The second-order valence-corrected chi connectivity index (χ2v) is 8.12. The summed E-state index contributed by atoms with van der Waals surface area (Å²) in [7, 11) is 0. The van der Waals surface area contributed by atoms with Crippen LogP contribution in [0.25, 0.3) is 0 Å². The maximum Gasteiger partial charge on any atom is 0.0782 e. The molecule has 1 nitrogen and oxygen atoms in total. The molecule has 0 spiro atoms. The van der Waals surface area contributed by atoms with Gasteiger partial charge >= 0.3 is 0 Å². The first-order valence-corrected chi connectivity index (χ1v) is 9.94. The first-order chi connectivity index (χ1) is 9.58. The minimum absolute atomic E-state index is 0.148. The van der Waals surface area contributed by atoms with Gasteiger partial charge in [-0.05, 0) is 62.7 Å². The van der Waals surface area contributed by atoms with Gasteiger partial charge in [-0.1, -0.05) is 49.5 Å². The molecule has 0 aliphatic heterocycles. The first kappa shape index (κ1) is 16.8. The molecule has 0 saturated heterocycles. The fourth-order valence-electron chi connectivity index (χ4n) is 4.14. The zero-order valence-corrected chi connectivity index (χ0v) is 15.3. The lowest BCUT2D eigenvalue weighted by atomic mass is 9.76. The molecule has 20 heavy (non-hydrogen) atoms. The summed E-state index contributed by atoms with van der Waals surface area (Å²) >= 11 is 3.76. The Labute approximate surface area is 134 Å². The highest BCUT2D eigenvalue weighted by molar-refractivity contribution is 9.09. The molecule has 0 aromatic carbocycles. The summed E-state index contributed by atoms with van der Waals surface area (Å²) < 4.78 is 6.67. The van der Waals surface area contributed by atoms with Crippen molar-refractivity contribution in [3.05, 3.63) is 0 Å². The second-order valence-electron chi connectivity index (χ2n) is 7.56. The van der Waals surface area contributed by atoms with Gasteiger partial charge in [0.15, 0.2) is 0 Å². The van der Waals surface area contributed by atoms with Crippen molar-refractivity contribution in [2.75, 3.05) is 5.33 Å². The van der Waals surface area contributed by atoms with Crippen LogP contribution in [0.15, 0.2) is 0 Å². The monoisotopic (exact) mass is 344 g/mol. The highest BCUT2D eigenvalue weighted by atomic mass is 79.9. The second kappa shape index (κ2) is 7.63. The summed E-state index contributed by atoms with van der Waals surface area (Å²) in [6, 6.07) is 0. The lowest BCUT2D eigenvalue weighted by Crippen LogP contribution is -2.43. The maximum absolute atomic E-state index is 6.67. The molecule has 0 bridgehead atoms. The Balaban J connectivity index is 1.86. The zero-order chi connectivity index (χ0) is 14.6. The van der Waals surface area contributed by atoms with E-state index < -0.39 is 0 Å². The minimum Gasteiger partial charge on any atom is -0.371 e. The average Bonchev–Trinajstić information content (AvgIpc) is 2.46. The largest absolute Gasteiger partial charge is 0.371 e. The number of rotatable bonds is 5. The molecule has 3 unspecified atom stereocenters. The van der Waals surface area contributed by atoms with E-state index in [9.17, 15) is 0 Å². The van der Waals surface area contributed by atoms with Crippen LogP contribution in [0.3, 0.4) is 0 Å². The molecular formula is C18H33BrO. The quantitative estimate of drug-likeness (QED) is 0.559. The van der Waals surface area contributed by atoms with Gasteiger partial charge < -0.3 is 4.74 Å². The average molecular weight is 345 g/mol. The fraction of sp³-hybridized carbons (Fsp3) is 1.00. The lowest BCUT2D eigenvalue weighted by molar-refractivity contribution is -0.124. The predicted molar refractivity (Wildman–Crippen MR) is 90.4 cm³/mol. The van der Waals surface area contributed by atoms with Crippen LogP contribution in [0.1, 0.15) is 78.6 Å². The van der Waals surface area contributed by atoms with E-state index in [4.69, 9.17) is 4.74 Å². The van der Waals surface area contributed by atoms with Crippen molar-refractivity contribution < 1.29 is 4.74 Å². The van der Waals surface area contributed by atoms with Gasteiger partial charge in [-0.2, -0.15) is 0 Å². The van der Waals surface area contributed by atoms with Crippen LogP contribution >= 0.6 is 15.9 Å². The Morgan fingerprint density at radius 1 is 1.05 bits per heavy atom. The molecular weight excluding hydrogens is 312 g/mol. The third kappa shape index (κ3) is 4.22. The molecule has 0 radical (unpaired) electrons. The van der Waals surface area contributed by atoms with Gasteiger partial charge in [0, 0.05) is 5.33 Å². The van der Waals surface area contributed by atoms with Crippen molar-refractivity contribution in [2.24, 2.45) is 17.8 Å². The van der Waals surface area contributed by atoms with Crippen molar-refractivity contribution in [2.45, 2.75) is 90.3 Å². The SMILES string of the molecule is CCCC1CCC(CBr)(OC2CCC(C)C(C)C2)CC1. The minimum atomic E-state index is 0.148. The van der Waals surface area contributed by atoms with Crippen molar-refractivity contribution in [3.63, 3.8) is 0 Å². The molecule has 2 aliphatic rings. The summed E-state index contributed by atoms with van der Waals surface area (Å²) in [5.41, 5.74) is 0.148. The number of hydrogen-bond donors (Lipinski definition) is 0. The van der Waals surface area contributed by atoms with E-state index in [0.29, 0.717) is 6.10 Å². The van der Waals surface area contributed by atoms with Gasteiger partial charge in [-0.3, -0.25) is 0 Å². The number of halogens is 1. The van der Waals surface area contributed by atoms with Gasteiger partial charge in [-0.25, -0.2) is 0 Å². The summed E-state index contributed by atoms with van der Waals surface area (Å²) in [5, 5.41) is 1.03. The maximum atomic E-state index is 6.67. The van der Waals surface area contributed by atoms with Crippen LogP contribution in [-0.4, -0.2) is 17.0 Å². The number of ether oxygens (including phenoxy) is 1. The topological polar surface area (TPSA) is 9.23 Å². The molecule has 3 atom stereocenters. The van der Waals surface area contributed by atoms with E-state index in [1.807, 2.05) is 0 Å². The highest BCUT2D eigenvalue weighted by Crippen LogP contribution is 2.41. The van der Waals surface area contributed by atoms with Crippen molar-refractivity contribution in [1.29, 1.82) is 0 Å². The summed E-state index contributed by atoms with van der Waals surface area (Å²) in [6.07, 6.45) is 12.4. The Morgan fingerprint density at radius 3 is 2.30 bits per heavy atom. The smallest absolute Gasteiger partial charge is 0.0782 e. The molecule has 0 amide bonds. The van der Waals surface area contributed by atoms with E-state index in [1.54, 1.807) is 0 Å². The van der Waals surface area contributed by atoms with Crippen molar-refractivity contribution in [1.82, 2.24) is 0 Å². The van der Waals surface area contributed by atoms with Crippen LogP contribution in [0.4, 0.5) is 0 Å². The molecule has 0 heterocycles. The molecule has 0 aromatic rings. The number of alkyl halides is 1. The molecule has 2 heteroatoms. The Bertz CT molecular complexity index is 283. The van der Waals surface area contributed by atoms with Crippen molar-refractivity contribution >= 4 is 15.9 Å². The first-order valence-electron chi connectivity index (χ1n) is 8.82. The van der Waals surface area contributed by atoms with E-state index in [2.05, 4.69) is 36.7 Å². The van der Waals surface area contributed by atoms with E-state index in [-0.39, 0.29) is 5.60 Å². The molecule has 118 valence electrons. The van der Waals surface area contributed by atoms with Gasteiger partial charge in [-0.15, -0.1) is 0 Å². The lowest BCUT2D eigenvalue weighted by Gasteiger charge is -2.43. The third-order valence-corrected chi connectivity index (χ3v) is 6.95. The fourth-order valence-corrected chi connectivity index (χ4v) is 4.84. The third-order valence-electron chi connectivity index (χ3n) is 5.92. The standard InChI is InChI=1S/C18H33BrO/c1-4-5-16-8-10-18(13-19,11-9-16)20-17-7-6-14(2)15(3)12-17/h14-17H,4-13H2,1-3H3. The van der Waals surface area contributed by atoms with Gasteiger partial charge in [0.05, 0.1) is 11.7 Å². The summed E-state index contributed by atoms with van der Waals surface area (Å²) in [5.74, 6) is 2.67. The molecule has 2 fully saturated rings. The van der Waals surface area contributed by atoms with Crippen LogP contribution in [-0.2, 0) is 4.74 Å². The Morgan fingerprint density at radius 2 is 1.75 bits per heavy atom. The molecule has 2 aliphatic carbocycles. The molecule has 2 rings (SSSR count). The normalized spacial score (nSPS) is 42.6. The van der Waals surface area contributed by atoms with Crippen molar-refractivity contribution in [3.8, 4) is 0 Å². The summed E-state index contributed by atoms with van der Waals surface area (Å²) in [4.78, 5) is 0. The molecule has 2 saturated carbocycles. The highest BCUT2D eigenvalue weighted by Gasteiger charge is 2.38. The van der Waals surface area contributed by atoms with Crippen LogP contribution in [0, 0.1) is 17.8 Å². The van der Waals surface area contributed by atoms with Gasteiger partial charge in [0.25, 0.3) is 0 Å². The zero-order valence-electron chi connectivity index (χ0n) is 13.7. The summed E-state index contributed by atoms with van der Waals surface area (Å²) in [6.45, 7) is 7.11. The number of hydrogen-bond acceptors (Lipinski definition) is 1. The predicted octanol–water partition coefficient (Wildman–Crippen LogP) is 5.95. The Kier molecular flexibility index (Phi) is 6.41. The van der Waals surface area contributed by atoms with Gasteiger partial charge in [0.2, 0.25) is 0 Å².